The molecule has 2 aromatic carbocycles. The van der Waals surface area contributed by atoms with Crippen molar-refractivity contribution in [1.29, 1.82) is 0 Å². The van der Waals surface area contributed by atoms with Crippen molar-refractivity contribution in [2.75, 3.05) is 0 Å². The highest BCUT2D eigenvalue weighted by Gasteiger charge is 2.19. The van der Waals surface area contributed by atoms with E-state index in [0.29, 0.717) is 15.6 Å². The van der Waals surface area contributed by atoms with Crippen molar-refractivity contribution in [2.24, 2.45) is 0 Å². The molecule has 0 spiro atoms. The summed E-state index contributed by atoms with van der Waals surface area (Å²) < 4.78 is 6.61. The molecule has 0 aliphatic heterocycles. The molecule has 2 aromatic rings. The summed E-state index contributed by atoms with van der Waals surface area (Å²) in [5.41, 5.74) is -0.100. The van der Waals surface area contributed by atoms with Crippen LogP contribution in [0.5, 0.6) is 0 Å². The fraction of sp³-hybridized carbons (Fsp3) is 0.364. The summed E-state index contributed by atoms with van der Waals surface area (Å²) in [5, 5.41) is 17.1. The van der Waals surface area contributed by atoms with Crippen molar-refractivity contribution in [3.8, 4) is 0 Å². The maximum absolute atomic E-state index is 11.6. The van der Waals surface area contributed by atoms with Gasteiger partial charge in [-0.2, -0.15) is 0 Å². The van der Waals surface area contributed by atoms with Crippen LogP contribution in [0.25, 0.3) is 0 Å². The number of carbonyl (C=O) groups is 2. The van der Waals surface area contributed by atoms with Gasteiger partial charge in [-0.25, -0.2) is 9.59 Å². The predicted octanol–water partition coefficient (Wildman–Crippen LogP) is 6.33. The minimum absolute atomic E-state index is 0.294. The lowest BCUT2D eigenvalue weighted by molar-refractivity contribution is 0.00682. The first-order chi connectivity index (χ1) is 13.1. The molecule has 0 heterocycles. The highest BCUT2D eigenvalue weighted by Crippen LogP contribution is 2.19. The highest BCUT2D eigenvalue weighted by molar-refractivity contribution is 9.10. The van der Waals surface area contributed by atoms with Gasteiger partial charge in [0.15, 0.2) is 0 Å². The number of ether oxygens (including phenoxy) is 1. The molecule has 0 atom stereocenters. The summed E-state index contributed by atoms with van der Waals surface area (Å²) in [4.78, 5) is 22.0. The SMILES string of the molecule is CC(C)(C)O.CC(C)(C)OC(=O)c1ccccc1Br.O=C(O)c1ccccc1Br. The van der Waals surface area contributed by atoms with Gasteiger partial charge in [0, 0.05) is 8.95 Å². The summed E-state index contributed by atoms with van der Waals surface area (Å²) in [6.07, 6.45) is 0. The summed E-state index contributed by atoms with van der Waals surface area (Å²) in [6.45, 7) is 10.8. The highest BCUT2D eigenvalue weighted by atomic mass is 79.9. The number of carboxylic acid groups (broad SMARTS) is 1. The average molecular weight is 532 g/mol. The molecule has 29 heavy (non-hydrogen) atoms. The molecule has 7 heteroatoms. The molecule has 0 aliphatic carbocycles. The normalized spacial score (nSPS) is 10.7. The third kappa shape index (κ3) is 14.0. The summed E-state index contributed by atoms with van der Waals surface area (Å²) in [5.74, 6) is -1.21. The smallest absolute Gasteiger partial charge is 0.339 e. The zero-order valence-corrected chi connectivity index (χ0v) is 20.7. The molecule has 160 valence electrons. The number of halogens is 2. The van der Waals surface area contributed by atoms with Crippen LogP contribution in [-0.4, -0.2) is 33.4 Å². The number of aromatic carboxylic acids is 1. The fourth-order valence-corrected chi connectivity index (χ4v) is 2.50. The Morgan fingerprint density at radius 2 is 1.14 bits per heavy atom. The number of rotatable bonds is 2. The topological polar surface area (TPSA) is 83.8 Å². The Balaban J connectivity index is 0.000000455. The Morgan fingerprint density at radius 1 is 0.793 bits per heavy atom. The van der Waals surface area contributed by atoms with E-state index in [4.69, 9.17) is 14.9 Å². The zero-order chi connectivity index (χ0) is 22.8. The quantitative estimate of drug-likeness (QED) is 0.442. The second kappa shape index (κ2) is 12.1. The molecule has 0 aromatic heterocycles. The predicted molar refractivity (Wildman–Crippen MR) is 122 cm³/mol. The minimum atomic E-state index is -0.910. The maximum atomic E-state index is 11.6. The number of hydrogen-bond acceptors (Lipinski definition) is 4. The van der Waals surface area contributed by atoms with Crippen LogP contribution in [0.15, 0.2) is 57.5 Å². The molecule has 2 rings (SSSR count). The Kier molecular flexibility index (Phi) is 11.4. The summed E-state index contributed by atoms with van der Waals surface area (Å²) in [7, 11) is 0. The van der Waals surface area contributed by atoms with Gasteiger partial charge in [0.1, 0.15) is 5.60 Å². The fourth-order valence-electron chi connectivity index (χ4n) is 1.59. The standard InChI is InChI=1S/C11H13BrO2.C7H5BrO2.C4H10O/c1-11(2,3)14-10(13)8-6-4-5-7-9(8)12;8-6-4-2-1-3-5(6)7(9)10;1-4(2,3)5/h4-7H,1-3H3;1-4H,(H,9,10);5H,1-3H3. The van der Waals surface area contributed by atoms with Crippen molar-refractivity contribution in [3.05, 3.63) is 68.6 Å². The molecule has 0 amide bonds. The molecule has 0 unspecified atom stereocenters. The van der Waals surface area contributed by atoms with Crippen molar-refractivity contribution < 1.29 is 24.5 Å². The van der Waals surface area contributed by atoms with E-state index in [0.717, 1.165) is 4.47 Å². The lowest BCUT2D eigenvalue weighted by atomic mass is 10.2. The van der Waals surface area contributed by atoms with E-state index in [-0.39, 0.29) is 5.97 Å². The van der Waals surface area contributed by atoms with Crippen molar-refractivity contribution in [2.45, 2.75) is 52.7 Å². The first kappa shape index (κ1) is 27.3. The van der Waals surface area contributed by atoms with Crippen molar-refractivity contribution in [3.63, 3.8) is 0 Å². The number of benzene rings is 2. The van der Waals surface area contributed by atoms with Gasteiger partial charge in [0.2, 0.25) is 0 Å². The summed E-state index contributed by atoms with van der Waals surface area (Å²) in [6, 6.07) is 13.9. The zero-order valence-electron chi connectivity index (χ0n) is 17.5. The lowest BCUT2D eigenvalue weighted by Gasteiger charge is -2.19. The van der Waals surface area contributed by atoms with E-state index < -0.39 is 17.2 Å². The molecule has 0 bridgehead atoms. The Labute approximate surface area is 189 Å². The minimum Gasteiger partial charge on any atom is -0.478 e. The molecule has 2 N–H and O–H groups in total. The van der Waals surface area contributed by atoms with Crippen LogP contribution in [0, 0.1) is 0 Å². The molecule has 0 radical (unpaired) electrons. The number of hydrogen-bond donors (Lipinski definition) is 2. The monoisotopic (exact) mass is 530 g/mol. The first-order valence-corrected chi connectivity index (χ1v) is 10.4. The Morgan fingerprint density at radius 3 is 1.41 bits per heavy atom. The Hall–Kier alpha value is -1.70. The third-order valence-electron chi connectivity index (χ3n) is 2.60. The largest absolute Gasteiger partial charge is 0.478 e. The molecule has 0 saturated heterocycles. The van der Waals surface area contributed by atoms with E-state index in [1.54, 1.807) is 51.1 Å². The maximum Gasteiger partial charge on any atom is 0.339 e. The van der Waals surface area contributed by atoms with Crippen LogP contribution >= 0.6 is 31.9 Å². The van der Waals surface area contributed by atoms with E-state index in [2.05, 4.69) is 31.9 Å². The molecule has 0 fully saturated rings. The van der Waals surface area contributed by atoms with Gasteiger partial charge < -0.3 is 14.9 Å². The van der Waals surface area contributed by atoms with E-state index >= 15 is 0 Å². The van der Waals surface area contributed by atoms with Crippen molar-refractivity contribution >= 4 is 43.8 Å². The van der Waals surface area contributed by atoms with Gasteiger partial charge in [-0.3, -0.25) is 0 Å². The first-order valence-electron chi connectivity index (χ1n) is 8.80. The van der Waals surface area contributed by atoms with Gasteiger partial charge in [-0.05, 0) is 97.7 Å². The third-order valence-corrected chi connectivity index (χ3v) is 3.98. The van der Waals surface area contributed by atoms with Crippen LogP contribution in [0.4, 0.5) is 0 Å². The average Bonchev–Trinajstić information content (AvgIpc) is 2.52. The summed E-state index contributed by atoms with van der Waals surface area (Å²) >= 11 is 6.42. The number of esters is 1. The molecule has 0 saturated carbocycles. The van der Waals surface area contributed by atoms with Gasteiger partial charge in [0.05, 0.1) is 16.7 Å². The molecule has 0 aliphatic rings. The number of carbonyl (C=O) groups excluding carboxylic acids is 1. The van der Waals surface area contributed by atoms with E-state index in [9.17, 15) is 9.59 Å². The molecular weight excluding hydrogens is 504 g/mol. The van der Waals surface area contributed by atoms with E-state index in [1.165, 1.54) is 0 Å². The molecule has 5 nitrogen and oxygen atoms in total. The van der Waals surface area contributed by atoms with Crippen LogP contribution in [0.2, 0.25) is 0 Å². The number of carboxylic acids is 1. The van der Waals surface area contributed by atoms with Gasteiger partial charge in [-0.1, -0.05) is 24.3 Å². The van der Waals surface area contributed by atoms with Crippen molar-refractivity contribution in [1.82, 2.24) is 0 Å². The molecular formula is C22H28Br2O5. The van der Waals surface area contributed by atoms with Crippen LogP contribution in [-0.2, 0) is 4.74 Å². The van der Waals surface area contributed by atoms with Gasteiger partial charge >= 0.3 is 11.9 Å². The second-order valence-electron chi connectivity index (χ2n) is 7.94. The second-order valence-corrected chi connectivity index (χ2v) is 9.65. The van der Waals surface area contributed by atoms with Gasteiger partial charge in [0.25, 0.3) is 0 Å². The van der Waals surface area contributed by atoms with Gasteiger partial charge in [-0.15, -0.1) is 0 Å². The Bertz CT molecular complexity index is 799. The van der Waals surface area contributed by atoms with E-state index in [1.807, 2.05) is 39.0 Å². The van der Waals surface area contributed by atoms with Crippen LogP contribution in [0.1, 0.15) is 62.3 Å². The lowest BCUT2D eigenvalue weighted by Crippen LogP contribution is -2.24. The van der Waals surface area contributed by atoms with Crippen LogP contribution in [0.3, 0.4) is 0 Å². The number of aliphatic hydroxyl groups is 1. The van der Waals surface area contributed by atoms with Crippen LogP contribution < -0.4 is 0 Å².